The van der Waals surface area contributed by atoms with Crippen LogP contribution in [-0.4, -0.2) is 17.4 Å². The van der Waals surface area contributed by atoms with Crippen molar-refractivity contribution in [2.24, 2.45) is 0 Å². The molecule has 0 unspecified atom stereocenters. The number of aromatic nitrogens is 1. The second kappa shape index (κ2) is 4.84. The first-order valence-electron chi connectivity index (χ1n) is 6.54. The highest BCUT2D eigenvalue weighted by atomic mass is 16.1. The quantitative estimate of drug-likeness (QED) is 0.908. The van der Waals surface area contributed by atoms with E-state index in [2.05, 4.69) is 34.6 Å². The number of hydrogen-bond acceptors (Lipinski definition) is 2. The van der Waals surface area contributed by atoms with Crippen molar-refractivity contribution in [1.82, 2.24) is 10.3 Å². The molecule has 3 heteroatoms. The summed E-state index contributed by atoms with van der Waals surface area (Å²) < 4.78 is 0. The standard InChI is InChI=1S/C16H16N2O/c19-15(13-5-4-10-17-11-13)18-12-16(8-9-16)14-6-2-1-3-7-14/h1-7,10-11H,8-9,12H2,(H,18,19). The molecule has 96 valence electrons. The average Bonchev–Trinajstić information content (AvgIpc) is 3.28. The first-order chi connectivity index (χ1) is 9.30. The summed E-state index contributed by atoms with van der Waals surface area (Å²) in [4.78, 5) is 16.0. The van der Waals surface area contributed by atoms with Gasteiger partial charge in [0.25, 0.3) is 5.91 Å². The van der Waals surface area contributed by atoms with Crippen LogP contribution in [0.15, 0.2) is 54.9 Å². The number of carbonyl (C=O) groups excluding carboxylic acids is 1. The highest BCUT2D eigenvalue weighted by Crippen LogP contribution is 2.47. The molecule has 3 rings (SSSR count). The first kappa shape index (κ1) is 11.9. The Morgan fingerprint density at radius 3 is 2.58 bits per heavy atom. The lowest BCUT2D eigenvalue weighted by Gasteiger charge is -2.16. The van der Waals surface area contributed by atoms with Gasteiger partial charge in [-0.15, -0.1) is 0 Å². The Morgan fingerprint density at radius 1 is 1.16 bits per heavy atom. The SMILES string of the molecule is O=C(NCC1(c2ccccc2)CC1)c1cccnc1. The molecule has 1 heterocycles. The van der Waals surface area contributed by atoms with E-state index in [-0.39, 0.29) is 11.3 Å². The van der Waals surface area contributed by atoms with Crippen molar-refractivity contribution in [1.29, 1.82) is 0 Å². The van der Waals surface area contributed by atoms with Crippen LogP contribution in [0.5, 0.6) is 0 Å². The molecule has 1 aliphatic carbocycles. The Kier molecular flexibility index (Phi) is 3.03. The number of nitrogens with zero attached hydrogens (tertiary/aromatic N) is 1. The number of hydrogen-bond donors (Lipinski definition) is 1. The van der Waals surface area contributed by atoms with Gasteiger partial charge >= 0.3 is 0 Å². The van der Waals surface area contributed by atoms with Gasteiger partial charge in [-0.1, -0.05) is 30.3 Å². The summed E-state index contributed by atoms with van der Waals surface area (Å²) in [7, 11) is 0. The lowest BCUT2D eigenvalue weighted by molar-refractivity contribution is 0.0949. The largest absolute Gasteiger partial charge is 0.351 e. The number of rotatable bonds is 4. The van der Waals surface area contributed by atoms with Gasteiger partial charge in [0.05, 0.1) is 5.56 Å². The fraction of sp³-hybridized carbons (Fsp3) is 0.250. The molecular weight excluding hydrogens is 236 g/mol. The third-order valence-electron chi connectivity index (χ3n) is 3.75. The Bertz CT molecular complexity index is 562. The molecule has 0 atom stereocenters. The number of amides is 1. The highest BCUT2D eigenvalue weighted by Gasteiger charge is 2.44. The van der Waals surface area contributed by atoms with Crippen LogP contribution in [0.3, 0.4) is 0 Å². The van der Waals surface area contributed by atoms with E-state index in [0.29, 0.717) is 12.1 Å². The van der Waals surface area contributed by atoms with Crippen LogP contribution >= 0.6 is 0 Å². The first-order valence-corrected chi connectivity index (χ1v) is 6.54. The van der Waals surface area contributed by atoms with E-state index in [1.54, 1.807) is 24.5 Å². The van der Waals surface area contributed by atoms with Crippen molar-refractivity contribution in [3.8, 4) is 0 Å². The van der Waals surface area contributed by atoms with Crippen LogP contribution in [-0.2, 0) is 5.41 Å². The molecule has 1 fully saturated rings. The van der Waals surface area contributed by atoms with Crippen molar-refractivity contribution in [3.63, 3.8) is 0 Å². The minimum absolute atomic E-state index is 0.0460. The van der Waals surface area contributed by atoms with Gasteiger partial charge in [-0.05, 0) is 30.5 Å². The van der Waals surface area contributed by atoms with Gasteiger partial charge in [-0.3, -0.25) is 9.78 Å². The van der Waals surface area contributed by atoms with E-state index in [1.807, 2.05) is 6.07 Å². The summed E-state index contributed by atoms with van der Waals surface area (Å²) in [6.45, 7) is 0.699. The Hall–Kier alpha value is -2.16. The molecule has 1 aromatic heterocycles. The molecule has 19 heavy (non-hydrogen) atoms. The summed E-state index contributed by atoms with van der Waals surface area (Å²) in [6.07, 6.45) is 5.55. The zero-order chi connectivity index (χ0) is 13.1. The van der Waals surface area contributed by atoms with Gasteiger partial charge < -0.3 is 5.32 Å². The summed E-state index contributed by atoms with van der Waals surface area (Å²) in [5.41, 5.74) is 2.09. The Morgan fingerprint density at radius 2 is 1.95 bits per heavy atom. The highest BCUT2D eigenvalue weighted by molar-refractivity contribution is 5.93. The van der Waals surface area contributed by atoms with E-state index < -0.39 is 0 Å². The molecule has 3 nitrogen and oxygen atoms in total. The summed E-state index contributed by atoms with van der Waals surface area (Å²) in [5, 5.41) is 3.02. The van der Waals surface area contributed by atoms with E-state index in [0.717, 1.165) is 12.8 Å². The normalized spacial score (nSPS) is 15.8. The topological polar surface area (TPSA) is 42.0 Å². The molecule has 0 radical (unpaired) electrons. The van der Waals surface area contributed by atoms with Crippen molar-refractivity contribution in [2.45, 2.75) is 18.3 Å². The second-order valence-electron chi connectivity index (χ2n) is 5.07. The third kappa shape index (κ3) is 2.50. The molecule has 1 amide bonds. The molecule has 1 saturated carbocycles. The maximum atomic E-state index is 12.0. The van der Waals surface area contributed by atoms with Crippen LogP contribution in [0.4, 0.5) is 0 Å². The second-order valence-corrected chi connectivity index (χ2v) is 5.07. The van der Waals surface area contributed by atoms with Gasteiger partial charge in [0.2, 0.25) is 0 Å². The van der Waals surface area contributed by atoms with Gasteiger partial charge in [0.1, 0.15) is 0 Å². The fourth-order valence-electron chi connectivity index (χ4n) is 2.36. The van der Waals surface area contributed by atoms with E-state index in [4.69, 9.17) is 0 Å². The summed E-state index contributed by atoms with van der Waals surface area (Å²) in [5.74, 6) is -0.0460. The number of benzene rings is 1. The molecule has 1 N–H and O–H groups in total. The molecule has 0 saturated heterocycles. The van der Waals surface area contributed by atoms with Gasteiger partial charge in [-0.2, -0.15) is 0 Å². The van der Waals surface area contributed by atoms with Crippen molar-refractivity contribution < 1.29 is 4.79 Å². The van der Waals surface area contributed by atoms with Crippen LogP contribution < -0.4 is 5.32 Å². The zero-order valence-corrected chi connectivity index (χ0v) is 10.7. The monoisotopic (exact) mass is 252 g/mol. The Balaban J connectivity index is 1.66. The summed E-state index contributed by atoms with van der Waals surface area (Å²) >= 11 is 0. The van der Waals surface area contributed by atoms with Crippen molar-refractivity contribution in [2.75, 3.05) is 6.54 Å². The van der Waals surface area contributed by atoms with E-state index in [9.17, 15) is 4.79 Å². The predicted octanol–water partition coefficient (Wildman–Crippen LogP) is 2.54. The minimum Gasteiger partial charge on any atom is -0.351 e. The summed E-state index contributed by atoms with van der Waals surface area (Å²) in [6, 6.07) is 14.0. The smallest absolute Gasteiger partial charge is 0.252 e. The molecule has 0 spiro atoms. The lowest BCUT2D eigenvalue weighted by Crippen LogP contribution is -2.32. The molecule has 2 aromatic rings. The fourth-order valence-corrected chi connectivity index (χ4v) is 2.36. The molecular formula is C16H16N2O. The van der Waals surface area contributed by atoms with Crippen molar-refractivity contribution >= 4 is 5.91 Å². The van der Waals surface area contributed by atoms with Crippen molar-refractivity contribution in [3.05, 3.63) is 66.0 Å². The molecule has 0 aliphatic heterocycles. The van der Waals surface area contributed by atoms with Crippen LogP contribution in [0, 0.1) is 0 Å². The molecule has 1 aliphatic rings. The zero-order valence-electron chi connectivity index (χ0n) is 10.7. The lowest BCUT2D eigenvalue weighted by atomic mass is 9.96. The van der Waals surface area contributed by atoms with Crippen LogP contribution in [0.2, 0.25) is 0 Å². The molecule has 0 bridgehead atoms. The predicted molar refractivity (Wildman–Crippen MR) is 73.9 cm³/mol. The van der Waals surface area contributed by atoms with Gasteiger partial charge in [-0.25, -0.2) is 0 Å². The van der Waals surface area contributed by atoms with E-state index in [1.165, 1.54) is 5.56 Å². The maximum absolute atomic E-state index is 12.0. The molecule has 1 aromatic carbocycles. The van der Waals surface area contributed by atoms with Gasteiger partial charge in [0, 0.05) is 24.4 Å². The van der Waals surface area contributed by atoms with Crippen LogP contribution in [0.25, 0.3) is 0 Å². The average molecular weight is 252 g/mol. The Labute approximate surface area is 112 Å². The minimum atomic E-state index is -0.0460. The van der Waals surface area contributed by atoms with E-state index >= 15 is 0 Å². The maximum Gasteiger partial charge on any atom is 0.252 e. The third-order valence-corrected chi connectivity index (χ3v) is 3.75. The number of carbonyl (C=O) groups is 1. The van der Waals surface area contributed by atoms with Crippen LogP contribution in [0.1, 0.15) is 28.8 Å². The van der Waals surface area contributed by atoms with Gasteiger partial charge in [0.15, 0.2) is 0 Å². The number of pyridine rings is 1. The number of nitrogens with one attached hydrogen (secondary N) is 1.